The molecule has 0 aliphatic heterocycles. The minimum atomic E-state index is -0.485. The van der Waals surface area contributed by atoms with Crippen molar-refractivity contribution in [2.24, 2.45) is 17.8 Å². The van der Waals surface area contributed by atoms with E-state index in [1.165, 1.54) is 14.0 Å². The summed E-state index contributed by atoms with van der Waals surface area (Å²) in [6.07, 6.45) is 14.5. The summed E-state index contributed by atoms with van der Waals surface area (Å²) in [4.78, 5) is 28.1. The van der Waals surface area contributed by atoms with Crippen LogP contribution in [0.1, 0.15) is 44.2 Å². The van der Waals surface area contributed by atoms with Gasteiger partial charge in [0.25, 0.3) is 0 Å². The van der Waals surface area contributed by atoms with Crippen LogP contribution in [0.2, 0.25) is 0 Å². The Kier molecular flexibility index (Phi) is 9.14. The highest BCUT2D eigenvalue weighted by atomic mass is 16.5. The van der Waals surface area contributed by atoms with E-state index in [1.54, 1.807) is 18.2 Å². The second-order valence-electron chi connectivity index (χ2n) is 9.11. The molecule has 1 aromatic heterocycles. The van der Waals surface area contributed by atoms with E-state index in [1.807, 2.05) is 18.5 Å². The number of aryl methyl sites for hydroxylation is 1. The van der Waals surface area contributed by atoms with Gasteiger partial charge in [0.15, 0.2) is 11.5 Å². The van der Waals surface area contributed by atoms with Crippen LogP contribution in [0, 0.1) is 17.8 Å². The van der Waals surface area contributed by atoms with Crippen molar-refractivity contribution >= 4 is 11.8 Å². The third kappa shape index (κ3) is 7.37. The van der Waals surface area contributed by atoms with Crippen LogP contribution in [0.15, 0.2) is 61.0 Å². The van der Waals surface area contributed by atoms with Gasteiger partial charge in [0.1, 0.15) is 11.9 Å². The molecule has 0 fully saturated rings. The van der Waals surface area contributed by atoms with Gasteiger partial charge >= 0.3 is 5.97 Å². The molecule has 0 amide bonds. The highest BCUT2D eigenvalue weighted by molar-refractivity contribution is 5.79. The number of hydrogen-bond donors (Lipinski definition) is 2. The van der Waals surface area contributed by atoms with Crippen LogP contribution in [0.25, 0.3) is 0 Å². The average molecular weight is 466 g/mol. The zero-order valence-corrected chi connectivity index (χ0v) is 20.2. The summed E-state index contributed by atoms with van der Waals surface area (Å²) in [6, 6.07) is 7.12. The summed E-state index contributed by atoms with van der Waals surface area (Å²) in [5, 5.41) is 9.78. The molecule has 1 aliphatic carbocycles. The Labute approximate surface area is 201 Å². The van der Waals surface area contributed by atoms with Crippen molar-refractivity contribution in [3.63, 3.8) is 0 Å². The van der Waals surface area contributed by atoms with Gasteiger partial charge in [-0.1, -0.05) is 37.3 Å². The van der Waals surface area contributed by atoms with Crippen LogP contribution in [-0.2, 0) is 27.2 Å². The van der Waals surface area contributed by atoms with E-state index < -0.39 is 6.10 Å². The van der Waals surface area contributed by atoms with Gasteiger partial charge in [0.05, 0.1) is 7.11 Å². The summed E-state index contributed by atoms with van der Waals surface area (Å²) >= 11 is 0. The Morgan fingerprint density at radius 1 is 1.15 bits per heavy atom. The monoisotopic (exact) mass is 465 g/mol. The lowest BCUT2D eigenvalue weighted by atomic mass is 9.78. The fourth-order valence-electron chi connectivity index (χ4n) is 4.57. The van der Waals surface area contributed by atoms with Crippen LogP contribution in [0.5, 0.6) is 11.5 Å². The van der Waals surface area contributed by atoms with Crippen molar-refractivity contribution in [2.45, 2.75) is 52.1 Å². The predicted molar refractivity (Wildman–Crippen MR) is 132 cm³/mol. The summed E-state index contributed by atoms with van der Waals surface area (Å²) in [5.41, 5.74) is 2.04. The Balaban J connectivity index is 1.71. The molecule has 6 heteroatoms. The fraction of sp³-hybridized carbons (Fsp3) is 0.429. The Morgan fingerprint density at radius 2 is 1.94 bits per heavy atom. The number of carbonyl (C=O) groups excluding carboxylic acids is 2. The predicted octanol–water partition coefficient (Wildman–Crippen LogP) is 5.18. The van der Waals surface area contributed by atoms with Crippen molar-refractivity contribution in [1.82, 2.24) is 4.98 Å². The lowest BCUT2D eigenvalue weighted by Gasteiger charge is -2.31. The molecule has 2 aromatic rings. The van der Waals surface area contributed by atoms with Crippen molar-refractivity contribution in [1.29, 1.82) is 0 Å². The number of H-pyrrole nitrogens is 1. The number of phenols is 1. The first-order chi connectivity index (χ1) is 16.4. The molecule has 1 heterocycles. The van der Waals surface area contributed by atoms with Crippen LogP contribution < -0.4 is 4.74 Å². The van der Waals surface area contributed by atoms with E-state index >= 15 is 0 Å². The molecular formula is C28H35NO5. The van der Waals surface area contributed by atoms with E-state index in [9.17, 15) is 14.7 Å². The standard InChI is InChI=1S/C28H35NO5/c1-19-6-4-5-7-23(19)16-24(14-22-12-13-29-18-22)27(34-20(2)30)17-25(31)10-8-21-9-11-26(32)28(15-21)33-3/h4-7,9,11-13,15,18-19,23-24,27,29,32H,8,10,14,16-17H2,1-3H3/t19-,23+,24-,27-/m0/s1. The van der Waals surface area contributed by atoms with E-state index in [4.69, 9.17) is 9.47 Å². The second kappa shape index (κ2) is 12.3. The van der Waals surface area contributed by atoms with Crippen molar-refractivity contribution in [3.8, 4) is 11.5 Å². The van der Waals surface area contributed by atoms with Gasteiger partial charge in [0, 0.05) is 38.1 Å². The largest absolute Gasteiger partial charge is 0.504 e. The van der Waals surface area contributed by atoms with Gasteiger partial charge in [-0.15, -0.1) is 0 Å². The highest BCUT2D eigenvalue weighted by Crippen LogP contribution is 2.32. The topological polar surface area (TPSA) is 88.6 Å². The zero-order chi connectivity index (χ0) is 24.5. The van der Waals surface area contributed by atoms with Gasteiger partial charge in [-0.05, 0) is 60.4 Å². The number of nitrogens with one attached hydrogen (secondary N) is 1. The third-order valence-electron chi connectivity index (χ3n) is 6.50. The molecule has 0 radical (unpaired) electrons. The quantitative estimate of drug-likeness (QED) is 0.422. The van der Waals surface area contributed by atoms with Gasteiger partial charge in [-0.2, -0.15) is 0 Å². The molecule has 0 saturated heterocycles. The SMILES string of the molecule is COc1cc(CCC(=O)C[C@H](OC(C)=O)[C@@H](Cc2cc[nH]c2)C[C@H]2C=CC=C[C@@H]2C)ccc1O. The summed E-state index contributed by atoms with van der Waals surface area (Å²) in [6.45, 7) is 3.59. The van der Waals surface area contributed by atoms with Crippen LogP contribution in [0.3, 0.4) is 0 Å². The lowest BCUT2D eigenvalue weighted by molar-refractivity contribution is -0.151. The molecule has 0 spiro atoms. The van der Waals surface area contributed by atoms with E-state index in [0.29, 0.717) is 30.4 Å². The number of phenolic OH excluding ortho intramolecular Hbond substituents is 1. The Bertz CT molecular complexity index is 1010. The number of aromatic amines is 1. The minimum Gasteiger partial charge on any atom is -0.504 e. The first-order valence-electron chi connectivity index (χ1n) is 11.9. The molecule has 3 rings (SSSR count). The lowest BCUT2D eigenvalue weighted by Crippen LogP contribution is -2.32. The summed E-state index contributed by atoms with van der Waals surface area (Å²) in [7, 11) is 1.50. The number of hydrogen-bond acceptors (Lipinski definition) is 5. The van der Waals surface area contributed by atoms with E-state index in [0.717, 1.165) is 24.0 Å². The minimum absolute atomic E-state index is 0.0148. The molecule has 2 N–H and O–H groups in total. The summed E-state index contributed by atoms with van der Waals surface area (Å²) in [5.74, 6) is 0.861. The van der Waals surface area contributed by atoms with Gasteiger partial charge in [0.2, 0.25) is 0 Å². The summed E-state index contributed by atoms with van der Waals surface area (Å²) < 4.78 is 10.9. The number of aromatic hydroxyl groups is 1. The number of allylic oxidation sites excluding steroid dienone is 4. The molecule has 1 aromatic carbocycles. The number of aromatic nitrogens is 1. The number of ether oxygens (including phenoxy) is 2. The van der Waals surface area contributed by atoms with E-state index in [-0.39, 0.29) is 29.8 Å². The van der Waals surface area contributed by atoms with Gasteiger partial charge in [-0.3, -0.25) is 9.59 Å². The molecule has 0 unspecified atom stereocenters. The Morgan fingerprint density at radius 3 is 2.62 bits per heavy atom. The van der Waals surface area contributed by atoms with Crippen molar-refractivity contribution in [2.75, 3.05) is 7.11 Å². The fourth-order valence-corrected chi connectivity index (χ4v) is 4.57. The maximum Gasteiger partial charge on any atom is 0.302 e. The number of benzene rings is 1. The zero-order valence-electron chi connectivity index (χ0n) is 20.2. The van der Waals surface area contributed by atoms with E-state index in [2.05, 4.69) is 36.2 Å². The normalized spacial score (nSPS) is 18.9. The molecule has 1 aliphatic rings. The maximum atomic E-state index is 13.0. The van der Waals surface area contributed by atoms with Crippen molar-refractivity contribution < 1.29 is 24.2 Å². The average Bonchev–Trinajstić information content (AvgIpc) is 3.32. The second-order valence-corrected chi connectivity index (χ2v) is 9.11. The number of esters is 1. The molecule has 6 nitrogen and oxygen atoms in total. The van der Waals surface area contributed by atoms with Crippen LogP contribution in [-0.4, -0.2) is 35.1 Å². The first-order valence-corrected chi connectivity index (χ1v) is 11.9. The molecule has 34 heavy (non-hydrogen) atoms. The number of methoxy groups -OCH3 is 1. The number of Topliss-reactive ketones (excluding diaryl/α,β-unsaturated/α-hetero) is 1. The third-order valence-corrected chi connectivity index (χ3v) is 6.50. The number of carbonyl (C=O) groups is 2. The van der Waals surface area contributed by atoms with Gasteiger partial charge in [-0.25, -0.2) is 0 Å². The first kappa shape index (κ1) is 25.3. The molecule has 4 atom stereocenters. The number of ketones is 1. The Hall–Kier alpha value is -3.28. The van der Waals surface area contributed by atoms with Crippen LogP contribution in [0.4, 0.5) is 0 Å². The highest BCUT2D eigenvalue weighted by Gasteiger charge is 2.30. The molecule has 0 saturated carbocycles. The van der Waals surface area contributed by atoms with Crippen LogP contribution >= 0.6 is 0 Å². The molecule has 0 bridgehead atoms. The molecule has 182 valence electrons. The number of rotatable bonds is 12. The molecular weight excluding hydrogens is 430 g/mol. The van der Waals surface area contributed by atoms with Gasteiger partial charge < -0.3 is 19.6 Å². The maximum absolute atomic E-state index is 13.0. The smallest absolute Gasteiger partial charge is 0.302 e. The van der Waals surface area contributed by atoms with Crippen molar-refractivity contribution in [3.05, 3.63) is 72.1 Å².